The monoisotopic (exact) mass is 285 g/mol. The number of hydrogen-bond acceptors (Lipinski definition) is 6. The number of rotatable bonds is 6. The van der Waals surface area contributed by atoms with Crippen molar-refractivity contribution >= 4 is 40.0 Å². The van der Waals surface area contributed by atoms with Crippen LogP contribution in [0.5, 0.6) is 0 Å². The Kier molecular flexibility index (Phi) is 5.64. The Bertz CT molecular complexity index is 481. The molecule has 0 bridgehead atoms. The molecule has 1 heterocycles. The molecule has 1 atom stereocenters. The van der Waals surface area contributed by atoms with Crippen molar-refractivity contribution in [1.82, 2.24) is 0 Å². The van der Waals surface area contributed by atoms with Gasteiger partial charge in [0.2, 0.25) is 5.91 Å². The van der Waals surface area contributed by atoms with Gasteiger partial charge in [-0.2, -0.15) is 5.26 Å². The van der Waals surface area contributed by atoms with Crippen LogP contribution >= 0.6 is 23.1 Å². The number of carbonyl (C=O) groups is 2. The number of carboxylic acids is 1. The summed E-state index contributed by atoms with van der Waals surface area (Å²) in [4.78, 5) is 21.9. The number of hydrogen-bond donors (Lipinski definition) is 3. The first kappa shape index (κ1) is 14.5. The number of nitrogens with two attached hydrogens (primary N) is 1. The summed E-state index contributed by atoms with van der Waals surface area (Å²) in [5, 5.41) is 22.1. The van der Waals surface area contributed by atoms with E-state index in [2.05, 4.69) is 5.32 Å². The van der Waals surface area contributed by atoms with E-state index in [4.69, 9.17) is 16.1 Å². The average Bonchev–Trinajstić information content (AvgIpc) is 2.75. The van der Waals surface area contributed by atoms with E-state index in [0.717, 1.165) is 11.8 Å². The normalized spacial score (nSPS) is 11.6. The van der Waals surface area contributed by atoms with E-state index in [1.165, 1.54) is 11.3 Å². The standard InChI is InChI=1S/C10H11N3O3S2/c11-3-6-1-2-18-9(6)13-8(14)5-17-4-7(12)10(15)16/h1-2,7H,4-5,12H2,(H,13,14)(H,15,16)/t7-/m0/s1. The SMILES string of the molecule is N#Cc1ccsc1NC(=O)CSC[C@H](N)C(=O)O. The summed E-state index contributed by atoms with van der Waals surface area (Å²) in [6, 6.07) is 2.61. The average molecular weight is 285 g/mol. The predicted molar refractivity (Wildman–Crippen MR) is 70.6 cm³/mol. The first-order valence-corrected chi connectivity index (χ1v) is 6.91. The van der Waals surface area contributed by atoms with Crippen molar-refractivity contribution < 1.29 is 14.7 Å². The molecule has 1 aromatic heterocycles. The Morgan fingerprint density at radius 1 is 1.67 bits per heavy atom. The predicted octanol–water partition coefficient (Wildman–Crippen LogP) is 0.703. The summed E-state index contributed by atoms with van der Waals surface area (Å²) < 4.78 is 0. The van der Waals surface area contributed by atoms with Crippen molar-refractivity contribution in [3.63, 3.8) is 0 Å². The molecule has 0 aliphatic carbocycles. The lowest BCUT2D eigenvalue weighted by Gasteiger charge is -2.06. The molecule has 0 radical (unpaired) electrons. The van der Waals surface area contributed by atoms with Crippen LogP contribution in [-0.2, 0) is 9.59 Å². The number of anilines is 1. The minimum Gasteiger partial charge on any atom is -0.480 e. The van der Waals surface area contributed by atoms with E-state index in [0.29, 0.717) is 10.6 Å². The van der Waals surface area contributed by atoms with Crippen molar-refractivity contribution in [3.05, 3.63) is 17.0 Å². The third-order valence-electron chi connectivity index (χ3n) is 1.89. The van der Waals surface area contributed by atoms with E-state index in [-0.39, 0.29) is 17.4 Å². The molecule has 0 saturated heterocycles. The number of amides is 1. The molecule has 0 saturated carbocycles. The van der Waals surface area contributed by atoms with Crippen molar-refractivity contribution in [3.8, 4) is 6.07 Å². The Labute approximate surface area is 112 Å². The van der Waals surface area contributed by atoms with Gasteiger partial charge in [-0.1, -0.05) is 0 Å². The number of nitrogens with zero attached hydrogens (tertiary/aromatic N) is 1. The van der Waals surface area contributed by atoms with Gasteiger partial charge in [-0.05, 0) is 11.4 Å². The van der Waals surface area contributed by atoms with Crippen LogP contribution in [0.4, 0.5) is 5.00 Å². The maximum absolute atomic E-state index is 11.5. The zero-order chi connectivity index (χ0) is 13.5. The molecule has 1 amide bonds. The van der Waals surface area contributed by atoms with Crippen molar-refractivity contribution in [2.45, 2.75) is 6.04 Å². The fraction of sp³-hybridized carbons (Fsp3) is 0.300. The van der Waals surface area contributed by atoms with Crippen molar-refractivity contribution in [2.24, 2.45) is 5.73 Å². The van der Waals surface area contributed by atoms with Gasteiger partial charge in [-0.15, -0.1) is 23.1 Å². The van der Waals surface area contributed by atoms with Crippen LogP contribution in [0.2, 0.25) is 0 Å². The minimum absolute atomic E-state index is 0.101. The molecule has 18 heavy (non-hydrogen) atoms. The van der Waals surface area contributed by atoms with Crippen LogP contribution in [0.1, 0.15) is 5.56 Å². The fourth-order valence-corrected chi connectivity index (χ4v) is 2.53. The van der Waals surface area contributed by atoms with Crippen molar-refractivity contribution in [2.75, 3.05) is 16.8 Å². The number of thiophene rings is 1. The molecule has 6 nitrogen and oxygen atoms in total. The first-order valence-electron chi connectivity index (χ1n) is 4.88. The summed E-state index contributed by atoms with van der Waals surface area (Å²) in [5.41, 5.74) is 5.71. The smallest absolute Gasteiger partial charge is 0.321 e. The molecule has 0 aliphatic rings. The maximum atomic E-state index is 11.5. The van der Waals surface area contributed by atoms with Gasteiger partial charge in [0.1, 0.15) is 17.1 Å². The fourth-order valence-electron chi connectivity index (χ4n) is 1.01. The zero-order valence-electron chi connectivity index (χ0n) is 9.25. The molecular weight excluding hydrogens is 274 g/mol. The number of nitriles is 1. The largest absolute Gasteiger partial charge is 0.480 e. The quantitative estimate of drug-likeness (QED) is 0.708. The lowest BCUT2D eigenvalue weighted by atomic mass is 10.3. The van der Waals surface area contributed by atoms with Gasteiger partial charge in [0, 0.05) is 5.75 Å². The van der Waals surface area contributed by atoms with E-state index in [1.807, 2.05) is 6.07 Å². The summed E-state index contributed by atoms with van der Waals surface area (Å²) in [5.74, 6) is -1.10. The molecule has 0 aromatic carbocycles. The highest BCUT2D eigenvalue weighted by atomic mass is 32.2. The molecule has 0 fully saturated rings. The second-order valence-electron chi connectivity index (χ2n) is 3.28. The molecule has 1 rings (SSSR count). The number of carboxylic acid groups (broad SMARTS) is 1. The van der Waals surface area contributed by atoms with Crippen LogP contribution < -0.4 is 11.1 Å². The third kappa shape index (κ3) is 4.37. The van der Waals surface area contributed by atoms with E-state index >= 15 is 0 Å². The number of nitrogens with one attached hydrogen (secondary N) is 1. The van der Waals surface area contributed by atoms with Gasteiger partial charge in [0.05, 0.1) is 11.3 Å². The molecule has 0 spiro atoms. The van der Waals surface area contributed by atoms with Gasteiger partial charge in [0.25, 0.3) is 0 Å². The molecule has 4 N–H and O–H groups in total. The number of carbonyl (C=O) groups excluding carboxylic acids is 1. The summed E-state index contributed by atoms with van der Waals surface area (Å²) >= 11 is 2.40. The lowest BCUT2D eigenvalue weighted by molar-refractivity contribution is -0.137. The molecule has 96 valence electrons. The molecule has 0 unspecified atom stereocenters. The van der Waals surface area contributed by atoms with Gasteiger partial charge in [0.15, 0.2) is 0 Å². The summed E-state index contributed by atoms with van der Waals surface area (Å²) in [7, 11) is 0. The van der Waals surface area contributed by atoms with E-state index < -0.39 is 12.0 Å². The number of aliphatic carboxylic acids is 1. The van der Waals surface area contributed by atoms with Gasteiger partial charge in [-0.3, -0.25) is 9.59 Å². The Hall–Kier alpha value is -1.56. The van der Waals surface area contributed by atoms with E-state index in [9.17, 15) is 9.59 Å². The Morgan fingerprint density at radius 3 is 3.00 bits per heavy atom. The molecule has 1 aromatic rings. The maximum Gasteiger partial charge on any atom is 0.321 e. The second kappa shape index (κ2) is 7.00. The second-order valence-corrected chi connectivity index (χ2v) is 5.23. The summed E-state index contributed by atoms with van der Waals surface area (Å²) in [6.45, 7) is 0. The Balaban J connectivity index is 2.35. The van der Waals surface area contributed by atoms with Crippen LogP contribution in [0.15, 0.2) is 11.4 Å². The summed E-state index contributed by atoms with van der Waals surface area (Å²) in [6.07, 6.45) is 0. The van der Waals surface area contributed by atoms with Gasteiger partial charge >= 0.3 is 5.97 Å². The van der Waals surface area contributed by atoms with Crippen LogP contribution in [0.3, 0.4) is 0 Å². The first-order chi connectivity index (χ1) is 8.54. The van der Waals surface area contributed by atoms with Crippen LogP contribution in [0, 0.1) is 11.3 Å². The Morgan fingerprint density at radius 2 is 2.39 bits per heavy atom. The van der Waals surface area contributed by atoms with Gasteiger partial charge in [-0.25, -0.2) is 0 Å². The minimum atomic E-state index is -1.09. The highest BCUT2D eigenvalue weighted by Crippen LogP contribution is 2.22. The highest BCUT2D eigenvalue weighted by Gasteiger charge is 2.13. The highest BCUT2D eigenvalue weighted by molar-refractivity contribution is 8.00. The lowest BCUT2D eigenvalue weighted by Crippen LogP contribution is -2.33. The van der Waals surface area contributed by atoms with Crippen LogP contribution in [0.25, 0.3) is 0 Å². The molecule has 0 aliphatic heterocycles. The number of thioether (sulfide) groups is 1. The van der Waals surface area contributed by atoms with E-state index in [1.54, 1.807) is 11.4 Å². The topological polar surface area (TPSA) is 116 Å². The van der Waals surface area contributed by atoms with Crippen LogP contribution in [-0.4, -0.2) is 34.5 Å². The van der Waals surface area contributed by atoms with Gasteiger partial charge < -0.3 is 16.2 Å². The zero-order valence-corrected chi connectivity index (χ0v) is 10.9. The third-order valence-corrected chi connectivity index (χ3v) is 3.78. The van der Waals surface area contributed by atoms with Crippen molar-refractivity contribution in [1.29, 1.82) is 5.26 Å². The molecule has 8 heteroatoms. The molecular formula is C10H11N3O3S2.